The van der Waals surface area contributed by atoms with Gasteiger partial charge in [0, 0.05) is 19.3 Å². The second kappa shape index (κ2) is 5.72. The minimum absolute atomic E-state index is 0.0177. The number of aliphatic hydroxyl groups excluding tert-OH is 1. The number of aryl methyl sites for hydroxylation is 2. The van der Waals surface area contributed by atoms with E-state index in [0.717, 1.165) is 28.8 Å². The van der Waals surface area contributed by atoms with Crippen LogP contribution in [0.15, 0.2) is 36.7 Å². The van der Waals surface area contributed by atoms with Crippen molar-refractivity contribution in [3.8, 4) is 0 Å². The molecule has 2 aromatic heterocycles. The maximum absolute atomic E-state index is 10.2. The molecule has 2 heterocycles. The quantitative estimate of drug-likeness (QED) is 0.771. The fourth-order valence-electron chi connectivity index (χ4n) is 3.68. The topological polar surface area (TPSA) is 67.9 Å². The Balaban J connectivity index is 1.55. The van der Waals surface area contributed by atoms with E-state index in [1.54, 1.807) is 0 Å². The number of hydrogen-bond donors (Lipinski definition) is 2. The summed E-state index contributed by atoms with van der Waals surface area (Å²) in [6, 6.07) is 8.43. The number of rotatable bonds is 4. The Morgan fingerprint density at radius 3 is 2.79 bits per heavy atom. The van der Waals surface area contributed by atoms with Crippen molar-refractivity contribution < 1.29 is 5.11 Å². The van der Waals surface area contributed by atoms with Gasteiger partial charge in [0.1, 0.15) is 5.82 Å². The van der Waals surface area contributed by atoms with Crippen LogP contribution in [0.25, 0.3) is 11.0 Å². The summed E-state index contributed by atoms with van der Waals surface area (Å²) in [4.78, 5) is 4.76. The van der Waals surface area contributed by atoms with Crippen LogP contribution in [0.4, 0.5) is 0 Å². The van der Waals surface area contributed by atoms with E-state index in [-0.39, 0.29) is 24.2 Å². The van der Waals surface area contributed by atoms with Gasteiger partial charge in [0.25, 0.3) is 0 Å². The monoisotopic (exact) mass is 325 g/mol. The van der Waals surface area contributed by atoms with Crippen molar-refractivity contribution in [1.82, 2.24) is 24.6 Å². The average Bonchev–Trinajstić information content (AvgIpc) is 3.11. The second-order valence-electron chi connectivity index (χ2n) is 6.80. The summed E-state index contributed by atoms with van der Waals surface area (Å²) in [5.74, 6) is 1.01. The molecule has 6 nitrogen and oxygen atoms in total. The summed E-state index contributed by atoms with van der Waals surface area (Å²) < 4.78 is 4.01. The van der Waals surface area contributed by atoms with Gasteiger partial charge >= 0.3 is 0 Å². The first-order valence-corrected chi connectivity index (χ1v) is 8.41. The lowest BCUT2D eigenvalue weighted by atomic mass is 9.82. The number of nitrogens with one attached hydrogen (secondary N) is 1. The van der Waals surface area contributed by atoms with Gasteiger partial charge in [-0.3, -0.25) is 4.68 Å². The van der Waals surface area contributed by atoms with Gasteiger partial charge in [-0.2, -0.15) is 5.10 Å². The van der Waals surface area contributed by atoms with E-state index >= 15 is 0 Å². The van der Waals surface area contributed by atoms with Gasteiger partial charge in [0.2, 0.25) is 0 Å². The molecule has 2 N–H and O–H groups in total. The van der Waals surface area contributed by atoms with Crippen LogP contribution in [0.5, 0.6) is 0 Å². The lowest BCUT2D eigenvalue weighted by molar-refractivity contribution is -0.0115. The van der Waals surface area contributed by atoms with E-state index < -0.39 is 0 Å². The minimum atomic E-state index is -0.352. The van der Waals surface area contributed by atoms with Crippen molar-refractivity contribution in [2.24, 2.45) is 7.05 Å². The fourth-order valence-corrected chi connectivity index (χ4v) is 3.68. The van der Waals surface area contributed by atoms with Crippen LogP contribution in [0.3, 0.4) is 0 Å². The molecule has 1 saturated carbocycles. The Hall–Kier alpha value is -2.18. The SMILES string of the molecule is Cc1cnn([C@H]2[C@H](O)C[C@@H]2NC(C)c2nc3ccccc3n2C)c1. The fraction of sp³-hybridized carbons (Fsp3) is 0.444. The summed E-state index contributed by atoms with van der Waals surface area (Å²) in [6.45, 7) is 4.14. The maximum Gasteiger partial charge on any atom is 0.126 e. The summed E-state index contributed by atoms with van der Waals surface area (Å²) in [5, 5.41) is 18.2. The largest absolute Gasteiger partial charge is 0.391 e. The van der Waals surface area contributed by atoms with E-state index in [2.05, 4.69) is 28.0 Å². The van der Waals surface area contributed by atoms with Crippen molar-refractivity contribution in [3.05, 3.63) is 48.0 Å². The minimum Gasteiger partial charge on any atom is -0.391 e. The van der Waals surface area contributed by atoms with Gasteiger partial charge in [-0.05, 0) is 38.0 Å². The molecule has 1 aliphatic carbocycles. The number of hydrogen-bond acceptors (Lipinski definition) is 4. The molecule has 0 spiro atoms. The molecule has 4 atom stereocenters. The average molecular weight is 325 g/mol. The van der Waals surface area contributed by atoms with Crippen LogP contribution in [0.2, 0.25) is 0 Å². The third-order valence-electron chi connectivity index (χ3n) is 5.01. The van der Waals surface area contributed by atoms with Crippen molar-refractivity contribution in [1.29, 1.82) is 0 Å². The molecule has 1 unspecified atom stereocenters. The molecule has 0 saturated heterocycles. The molecule has 1 aromatic carbocycles. The number of para-hydroxylation sites is 2. The summed E-state index contributed by atoms with van der Waals surface area (Å²) in [6.07, 6.45) is 4.20. The highest BCUT2D eigenvalue weighted by Crippen LogP contribution is 2.34. The van der Waals surface area contributed by atoms with Gasteiger partial charge in [0.05, 0.1) is 35.4 Å². The molecule has 24 heavy (non-hydrogen) atoms. The van der Waals surface area contributed by atoms with Crippen molar-refractivity contribution in [2.75, 3.05) is 0 Å². The zero-order chi connectivity index (χ0) is 16.8. The molecular weight excluding hydrogens is 302 g/mol. The standard InChI is InChI=1S/C18H23N5O/c1-11-9-19-23(10-11)17-14(8-16(17)24)20-12(2)18-21-13-6-4-5-7-15(13)22(18)3/h4-7,9-10,12,14,16-17,20,24H,8H2,1-3H3/t12?,14-,16+,17+/m0/s1. The maximum atomic E-state index is 10.2. The smallest absolute Gasteiger partial charge is 0.126 e. The first-order valence-electron chi connectivity index (χ1n) is 8.41. The Bertz CT molecular complexity index is 867. The van der Waals surface area contributed by atoms with Gasteiger partial charge in [-0.25, -0.2) is 4.98 Å². The lowest BCUT2D eigenvalue weighted by Gasteiger charge is -2.43. The molecule has 126 valence electrons. The van der Waals surface area contributed by atoms with Gasteiger partial charge in [-0.15, -0.1) is 0 Å². The zero-order valence-corrected chi connectivity index (χ0v) is 14.2. The highest BCUT2D eigenvalue weighted by atomic mass is 16.3. The highest BCUT2D eigenvalue weighted by molar-refractivity contribution is 5.75. The van der Waals surface area contributed by atoms with Gasteiger partial charge < -0.3 is 15.0 Å². The Morgan fingerprint density at radius 2 is 2.12 bits per heavy atom. The molecule has 0 bridgehead atoms. The van der Waals surface area contributed by atoms with Crippen LogP contribution in [-0.2, 0) is 7.05 Å². The van der Waals surface area contributed by atoms with E-state index in [9.17, 15) is 5.11 Å². The summed E-state index contributed by atoms with van der Waals surface area (Å²) in [7, 11) is 2.05. The number of benzene rings is 1. The number of aromatic nitrogens is 4. The first kappa shape index (κ1) is 15.4. The van der Waals surface area contributed by atoms with E-state index in [1.165, 1.54) is 0 Å². The molecule has 0 radical (unpaired) electrons. The molecule has 4 rings (SSSR count). The van der Waals surface area contributed by atoms with E-state index in [0.29, 0.717) is 0 Å². The molecule has 6 heteroatoms. The van der Waals surface area contributed by atoms with Crippen molar-refractivity contribution in [2.45, 2.75) is 44.5 Å². The van der Waals surface area contributed by atoms with Gasteiger partial charge in [-0.1, -0.05) is 12.1 Å². The predicted molar refractivity (Wildman–Crippen MR) is 92.7 cm³/mol. The zero-order valence-electron chi connectivity index (χ0n) is 14.2. The number of fused-ring (bicyclic) bond motifs is 1. The van der Waals surface area contributed by atoms with Gasteiger partial charge in [0.15, 0.2) is 0 Å². The third-order valence-corrected chi connectivity index (χ3v) is 5.01. The molecule has 0 aliphatic heterocycles. The Labute approximate surface area is 141 Å². The summed E-state index contributed by atoms with van der Waals surface area (Å²) in [5.41, 5.74) is 3.25. The Kier molecular flexibility index (Phi) is 3.66. The number of nitrogens with zero attached hydrogens (tertiary/aromatic N) is 4. The van der Waals surface area contributed by atoms with Crippen LogP contribution >= 0.6 is 0 Å². The van der Waals surface area contributed by atoms with Crippen molar-refractivity contribution in [3.63, 3.8) is 0 Å². The van der Waals surface area contributed by atoms with E-state index in [4.69, 9.17) is 4.98 Å². The van der Waals surface area contributed by atoms with Crippen LogP contribution in [0.1, 0.15) is 36.8 Å². The van der Waals surface area contributed by atoms with E-state index in [1.807, 2.05) is 49.2 Å². The molecule has 3 aromatic rings. The number of imidazole rings is 1. The second-order valence-corrected chi connectivity index (χ2v) is 6.80. The summed E-state index contributed by atoms with van der Waals surface area (Å²) >= 11 is 0. The van der Waals surface area contributed by atoms with Crippen LogP contribution < -0.4 is 5.32 Å². The van der Waals surface area contributed by atoms with Crippen LogP contribution in [0, 0.1) is 6.92 Å². The highest BCUT2D eigenvalue weighted by Gasteiger charge is 2.42. The lowest BCUT2D eigenvalue weighted by Crippen LogP contribution is -2.55. The van der Waals surface area contributed by atoms with Crippen LogP contribution in [-0.4, -0.2) is 36.6 Å². The third kappa shape index (κ3) is 2.42. The molecular formula is C18H23N5O. The normalized spacial score (nSPS) is 24.9. The molecule has 1 fully saturated rings. The predicted octanol–water partition coefficient (Wildman–Crippen LogP) is 2.10. The molecule has 1 aliphatic rings. The Morgan fingerprint density at radius 1 is 1.33 bits per heavy atom. The number of aliphatic hydroxyl groups is 1. The molecule has 0 amide bonds. The van der Waals surface area contributed by atoms with Crippen molar-refractivity contribution >= 4 is 11.0 Å². The first-order chi connectivity index (χ1) is 11.5.